The Balaban J connectivity index is 2.04. The van der Waals surface area contributed by atoms with Crippen molar-refractivity contribution in [3.8, 4) is 0 Å². The molecule has 200 valence electrons. The monoisotopic (exact) mass is 504 g/mol. The molecule has 0 bridgehead atoms. The Morgan fingerprint density at radius 2 is 1.92 bits per heavy atom. The number of aliphatic hydroxyl groups excluding tert-OH is 1. The molecular weight excluding hydrogens is 464 g/mol. The summed E-state index contributed by atoms with van der Waals surface area (Å²) in [5, 5.41) is 19.5. The number of aryl methyl sites for hydroxylation is 1. The summed E-state index contributed by atoms with van der Waals surface area (Å²) in [5.74, 6) is 0.706. The van der Waals surface area contributed by atoms with Crippen LogP contribution in [0.5, 0.6) is 0 Å². The van der Waals surface area contributed by atoms with Crippen LogP contribution >= 0.6 is 0 Å². The Morgan fingerprint density at radius 1 is 1.22 bits per heavy atom. The van der Waals surface area contributed by atoms with Crippen molar-refractivity contribution in [1.82, 2.24) is 15.1 Å². The molecule has 1 unspecified atom stereocenters. The molecule has 1 aromatic carbocycles. The maximum atomic E-state index is 12.4. The van der Waals surface area contributed by atoms with Crippen LogP contribution in [0.1, 0.15) is 68.4 Å². The van der Waals surface area contributed by atoms with Gasteiger partial charge in [0, 0.05) is 40.5 Å². The number of rotatable bonds is 9. The van der Waals surface area contributed by atoms with Crippen molar-refractivity contribution >= 4 is 11.9 Å². The number of nitrogens with zero attached hydrogens (tertiary/aromatic N) is 3. The zero-order valence-corrected chi connectivity index (χ0v) is 22.4. The molecule has 10 heteroatoms. The van der Waals surface area contributed by atoms with Crippen LogP contribution < -0.4 is 10.2 Å². The molecule has 1 amide bonds. The van der Waals surface area contributed by atoms with Gasteiger partial charge in [-0.2, -0.15) is 5.10 Å². The van der Waals surface area contributed by atoms with E-state index in [1.807, 2.05) is 52.0 Å². The summed E-state index contributed by atoms with van der Waals surface area (Å²) >= 11 is 0. The first-order valence-electron chi connectivity index (χ1n) is 12.2. The number of carbonyl (C=O) groups excluding carboxylic acids is 1. The minimum absolute atomic E-state index is 0.132. The van der Waals surface area contributed by atoms with Gasteiger partial charge in [-0.3, -0.25) is 0 Å². The molecule has 1 saturated heterocycles. The Hall–Kier alpha value is -2.66. The Labute approximate surface area is 213 Å². The molecule has 0 saturated carbocycles. The van der Waals surface area contributed by atoms with Crippen molar-refractivity contribution in [1.29, 1.82) is 0 Å². The lowest BCUT2D eigenvalue weighted by molar-refractivity contribution is -0.110. The second-order valence-electron chi connectivity index (χ2n) is 10.0. The summed E-state index contributed by atoms with van der Waals surface area (Å²) in [6, 6.07) is 7.57. The molecule has 1 fully saturated rings. The number of aromatic nitrogens is 2. The highest BCUT2D eigenvalue weighted by Gasteiger charge is 2.35. The lowest BCUT2D eigenvalue weighted by Gasteiger charge is -2.36. The number of methoxy groups -OCH3 is 3. The predicted molar refractivity (Wildman–Crippen MR) is 136 cm³/mol. The van der Waals surface area contributed by atoms with E-state index >= 15 is 0 Å². The molecule has 1 aromatic heterocycles. The summed E-state index contributed by atoms with van der Waals surface area (Å²) in [7, 11) is 4.67. The fraction of sp³-hybridized carbons (Fsp3) is 0.615. The number of nitrogens with one attached hydrogen (secondary N) is 1. The Morgan fingerprint density at radius 3 is 2.53 bits per heavy atom. The highest BCUT2D eigenvalue weighted by Crippen LogP contribution is 2.39. The third-order valence-electron chi connectivity index (χ3n) is 6.09. The van der Waals surface area contributed by atoms with E-state index in [0.29, 0.717) is 23.6 Å². The SMILES string of the molecule is COCn1nc(C(OC)OC)c(C(O)c2ccccc2C)c1N1CCC[C@@H](NC(=O)OC(C)(C)C)C1. The van der Waals surface area contributed by atoms with Crippen molar-refractivity contribution in [2.75, 3.05) is 39.3 Å². The standard InChI is InChI=1S/C26H40N4O6/c1-17-11-8-9-13-19(17)22(31)20-21(24(34-6)35-7)28-30(16-33-5)23(20)29-14-10-12-18(15-29)27-25(32)36-26(2,3)4/h8-9,11,13,18,22,24,31H,10,12,14-16H2,1-7H3,(H,27,32)/t18-,22?/m1/s1. The number of amides is 1. The van der Waals surface area contributed by atoms with Crippen molar-refractivity contribution < 1.29 is 28.8 Å². The quantitative estimate of drug-likeness (QED) is 0.498. The van der Waals surface area contributed by atoms with E-state index in [9.17, 15) is 9.90 Å². The molecule has 3 rings (SSSR count). The third kappa shape index (κ3) is 6.56. The molecule has 10 nitrogen and oxygen atoms in total. The first-order chi connectivity index (χ1) is 17.1. The molecule has 0 radical (unpaired) electrons. The lowest BCUT2D eigenvalue weighted by Crippen LogP contribution is -2.49. The topological polar surface area (TPSA) is 107 Å². The predicted octanol–water partition coefficient (Wildman–Crippen LogP) is 3.66. The van der Waals surface area contributed by atoms with Crippen molar-refractivity contribution in [2.45, 2.75) is 71.3 Å². The molecule has 36 heavy (non-hydrogen) atoms. The summed E-state index contributed by atoms with van der Waals surface area (Å²) in [6.45, 7) is 8.89. The van der Waals surface area contributed by atoms with Gasteiger partial charge in [0.1, 0.15) is 29.9 Å². The van der Waals surface area contributed by atoms with Gasteiger partial charge in [0.05, 0.1) is 5.56 Å². The van der Waals surface area contributed by atoms with E-state index in [4.69, 9.17) is 24.0 Å². The fourth-order valence-electron chi connectivity index (χ4n) is 4.60. The Kier molecular flexibility index (Phi) is 9.35. The highest BCUT2D eigenvalue weighted by atomic mass is 16.7. The summed E-state index contributed by atoms with van der Waals surface area (Å²) in [4.78, 5) is 14.6. The zero-order valence-electron chi connectivity index (χ0n) is 22.4. The molecule has 0 spiro atoms. The van der Waals surface area contributed by atoms with Gasteiger partial charge >= 0.3 is 6.09 Å². The molecule has 1 aliphatic rings. The second kappa shape index (κ2) is 12.1. The molecule has 2 N–H and O–H groups in total. The van der Waals surface area contributed by atoms with E-state index in [1.165, 1.54) is 14.2 Å². The van der Waals surface area contributed by atoms with Gasteiger partial charge < -0.3 is 34.3 Å². The highest BCUT2D eigenvalue weighted by molar-refractivity contribution is 5.68. The number of aliphatic hydroxyl groups is 1. The zero-order chi connectivity index (χ0) is 26.5. The summed E-state index contributed by atoms with van der Waals surface area (Å²) in [6.07, 6.45) is -0.550. The van der Waals surface area contributed by atoms with Gasteiger partial charge in [-0.25, -0.2) is 9.48 Å². The maximum absolute atomic E-state index is 12.4. The van der Waals surface area contributed by atoms with Crippen LogP contribution in [-0.2, 0) is 25.7 Å². The minimum Gasteiger partial charge on any atom is -0.444 e. The fourth-order valence-corrected chi connectivity index (χ4v) is 4.60. The van der Waals surface area contributed by atoms with Crippen LogP contribution in [0.4, 0.5) is 10.6 Å². The molecule has 0 aliphatic carbocycles. The lowest BCUT2D eigenvalue weighted by atomic mass is 9.95. The van der Waals surface area contributed by atoms with Gasteiger partial charge in [-0.15, -0.1) is 0 Å². The normalized spacial score (nSPS) is 17.4. The van der Waals surface area contributed by atoms with E-state index < -0.39 is 24.1 Å². The summed E-state index contributed by atoms with van der Waals surface area (Å²) in [5.41, 5.74) is 2.21. The molecule has 2 atom stereocenters. The van der Waals surface area contributed by atoms with E-state index in [1.54, 1.807) is 11.8 Å². The summed E-state index contributed by atoms with van der Waals surface area (Å²) < 4.78 is 23.7. The Bertz CT molecular complexity index is 1010. The van der Waals surface area contributed by atoms with Gasteiger partial charge in [0.15, 0.2) is 0 Å². The average Bonchev–Trinajstić information content (AvgIpc) is 3.18. The van der Waals surface area contributed by atoms with Gasteiger partial charge in [-0.05, 0) is 51.7 Å². The third-order valence-corrected chi connectivity index (χ3v) is 6.09. The number of hydrogen-bond donors (Lipinski definition) is 2. The van der Waals surface area contributed by atoms with Gasteiger partial charge in [0.25, 0.3) is 0 Å². The van der Waals surface area contributed by atoms with Crippen molar-refractivity contribution in [2.24, 2.45) is 0 Å². The number of alkyl carbamates (subject to hydrolysis) is 1. The smallest absolute Gasteiger partial charge is 0.407 e. The van der Waals surface area contributed by atoms with Crippen LogP contribution in [0.3, 0.4) is 0 Å². The number of benzene rings is 1. The number of anilines is 1. The largest absolute Gasteiger partial charge is 0.444 e. The van der Waals surface area contributed by atoms with E-state index in [2.05, 4.69) is 10.2 Å². The molecule has 2 heterocycles. The number of ether oxygens (including phenoxy) is 4. The molecule has 1 aliphatic heterocycles. The number of carbonyl (C=O) groups is 1. The van der Waals surface area contributed by atoms with Crippen LogP contribution in [0.15, 0.2) is 24.3 Å². The van der Waals surface area contributed by atoms with Crippen LogP contribution in [0.2, 0.25) is 0 Å². The molecular formula is C26H40N4O6. The minimum atomic E-state index is -0.978. The first-order valence-corrected chi connectivity index (χ1v) is 12.2. The van der Waals surface area contributed by atoms with E-state index in [0.717, 1.165) is 30.5 Å². The average molecular weight is 505 g/mol. The van der Waals surface area contributed by atoms with Gasteiger partial charge in [0.2, 0.25) is 6.29 Å². The van der Waals surface area contributed by atoms with E-state index in [-0.39, 0.29) is 12.8 Å². The van der Waals surface area contributed by atoms with Crippen LogP contribution in [0.25, 0.3) is 0 Å². The molecule has 2 aromatic rings. The first kappa shape index (κ1) is 27.9. The van der Waals surface area contributed by atoms with Crippen LogP contribution in [0, 0.1) is 6.92 Å². The number of hydrogen-bond acceptors (Lipinski definition) is 8. The number of piperidine rings is 1. The van der Waals surface area contributed by atoms with Crippen molar-refractivity contribution in [3.63, 3.8) is 0 Å². The van der Waals surface area contributed by atoms with Crippen molar-refractivity contribution in [3.05, 3.63) is 46.6 Å². The van der Waals surface area contributed by atoms with Crippen LogP contribution in [-0.4, -0.2) is 67.0 Å². The maximum Gasteiger partial charge on any atom is 0.407 e. The second-order valence-corrected chi connectivity index (χ2v) is 10.0. The van der Waals surface area contributed by atoms with Gasteiger partial charge in [-0.1, -0.05) is 24.3 Å².